The van der Waals surface area contributed by atoms with Crippen molar-refractivity contribution in [3.63, 3.8) is 0 Å². The molecule has 0 aromatic carbocycles. The zero-order valence-corrected chi connectivity index (χ0v) is 20.3. The third-order valence-electron chi connectivity index (χ3n) is 8.04. The molecule has 3 aromatic heterocycles. The highest BCUT2D eigenvalue weighted by Crippen LogP contribution is 2.36. The molecule has 3 fully saturated rings. The van der Waals surface area contributed by atoms with Crippen molar-refractivity contribution >= 4 is 34.3 Å². The summed E-state index contributed by atoms with van der Waals surface area (Å²) in [6.45, 7) is 7.60. The van der Waals surface area contributed by atoms with Crippen molar-refractivity contribution in [3.05, 3.63) is 46.0 Å². The number of carbonyl (C=O) groups excluding carboxylic acids is 1. The number of aromatic nitrogens is 4. The Hall–Kier alpha value is -3.33. The van der Waals surface area contributed by atoms with E-state index in [1.54, 1.807) is 17.7 Å². The van der Waals surface area contributed by atoms with Gasteiger partial charge in [0.1, 0.15) is 11.5 Å². The van der Waals surface area contributed by atoms with Gasteiger partial charge in [-0.05, 0) is 50.8 Å². The van der Waals surface area contributed by atoms with Crippen LogP contribution in [-0.2, 0) is 0 Å². The van der Waals surface area contributed by atoms with Gasteiger partial charge < -0.3 is 15.5 Å². The lowest BCUT2D eigenvalue weighted by atomic mass is 9.81. The van der Waals surface area contributed by atoms with E-state index in [-0.39, 0.29) is 22.9 Å². The molecule has 6 rings (SSSR count). The number of fused-ring (bicyclic) bond motifs is 1. The summed E-state index contributed by atoms with van der Waals surface area (Å²) in [5.74, 6) is 0.823. The smallest absolute Gasteiger partial charge is 0.263 e. The van der Waals surface area contributed by atoms with Gasteiger partial charge in [0.25, 0.3) is 5.56 Å². The Kier molecular flexibility index (Phi) is 5.32. The van der Waals surface area contributed by atoms with Crippen molar-refractivity contribution in [3.8, 4) is 0 Å². The van der Waals surface area contributed by atoms with E-state index >= 15 is 0 Å². The van der Waals surface area contributed by atoms with Gasteiger partial charge in [0.05, 0.1) is 17.4 Å². The Balaban J connectivity index is 1.31. The molecule has 2 saturated heterocycles. The molecule has 0 amide bonds. The molecule has 0 unspecified atom stereocenters. The SMILES string of the molecule is CC(=O)c1c(C)c2cnc(Nc3ccc(N4CCC5(CNC5)C4)cn3)nc2n(C2CCCC2)c1=O. The molecular formula is C26H31N7O2. The van der Waals surface area contributed by atoms with Crippen LogP contribution in [0.2, 0.25) is 0 Å². The van der Waals surface area contributed by atoms with Gasteiger partial charge >= 0.3 is 0 Å². The van der Waals surface area contributed by atoms with E-state index in [9.17, 15) is 9.59 Å². The minimum Gasteiger partial charge on any atom is -0.370 e. The highest BCUT2D eigenvalue weighted by Gasteiger charge is 2.43. The molecule has 3 aromatic rings. The normalized spacial score (nSPS) is 19.4. The fraction of sp³-hybridized carbons (Fsp3) is 0.500. The first-order valence-electron chi connectivity index (χ1n) is 12.6. The number of aryl methyl sites for hydroxylation is 1. The van der Waals surface area contributed by atoms with Gasteiger partial charge in [0.15, 0.2) is 5.78 Å². The molecule has 0 radical (unpaired) electrons. The van der Waals surface area contributed by atoms with E-state index in [2.05, 4.69) is 31.6 Å². The van der Waals surface area contributed by atoms with E-state index in [0.717, 1.165) is 62.9 Å². The van der Waals surface area contributed by atoms with E-state index in [1.807, 2.05) is 12.3 Å². The minimum atomic E-state index is -0.244. The van der Waals surface area contributed by atoms with Crippen LogP contribution in [-0.4, -0.2) is 51.5 Å². The second kappa shape index (κ2) is 8.41. The molecule has 5 heterocycles. The topological polar surface area (TPSA) is 105 Å². The molecule has 0 atom stereocenters. The van der Waals surface area contributed by atoms with Gasteiger partial charge in [0.2, 0.25) is 5.95 Å². The average molecular weight is 474 g/mol. The Morgan fingerprint density at radius 2 is 1.97 bits per heavy atom. The van der Waals surface area contributed by atoms with Crippen molar-refractivity contribution < 1.29 is 4.79 Å². The molecule has 9 heteroatoms. The van der Waals surface area contributed by atoms with Crippen LogP contribution < -0.4 is 21.1 Å². The quantitative estimate of drug-likeness (QED) is 0.544. The summed E-state index contributed by atoms with van der Waals surface area (Å²) in [4.78, 5) is 41.9. The summed E-state index contributed by atoms with van der Waals surface area (Å²) in [5, 5.41) is 7.34. The third kappa shape index (κ3) is 3.78. The number of carbonyl (C=O) groups is 1. The Morgan fingerprint density at radius 1 is 1.17 bits per heavy atom. The van der Waals surface area contributed by atoms with Gasteiger partial charge in [0, 0.05) is 49.2 Å². The summed E-state index contributed by atoms with van der Waals surface area (Å²) in [5.41, 5.74) is 2.78. The lowest BCUT2D eigenvalue weighted by Gasteiger charge is -2.39. The van der Waals surface area contributed by atoms with Crippen LogP contribution in [0, 0.1) is 12.3 Å². The van der Waals surface area contributed by atoms with Crippen molar-refractivity contribution in [2.24, 2.45) is 5.41 Å². The molecule has 1 saturated carbocycles. The van der Waals surface area contributed by atoms with Crippen LogP contribution in [0.3, 0.4) is 0 Å². The molecule has 1 spiro atoms. The number of hydrogen-bond donors (Lipinski definition) is 2. The third-order valence-corrected chi connectivity index (χ3v) is 8.04. The predicted octanol–water partition coefficient (Wildman–Crippen LogP) is 3.36. The van der Waals surface area contributed by atoms with Gasteiger partial charge in [-0.2, -0.15) is 4.98 Å². The number of pyridine rings is 2. The van der Waals surface area contributed by atoms with Crippen molar-refractivity contribution in [1.29, 1.82) is 0 Å². The lowest BCUT2D eigenvalue weighted by molar-refractivity contribution is 0.101. The molecule has 2 aliphatic heterocycles. The maximum Gasteiger partial charge on any atom is 0.263 e. The highest BCUT2D eigenvalue weighted by atomic mass is 16.1. The summed E-state index contributed by atoms with van der Waals surface area (Å²) in [7, 11) is 0. The maximum absolute atomic E-state index is 13.4. The molecular weight excluding hydrogens is 442 g/mol. The van der Waals surface area contributed by atoms with Crippen LogP contribution >= 0.6 is 0 Å². The number of hydrogen-bond acceptors (Lipinski definition) is 8. The number of anilines is 3. The number of ketones is 1. The van der Waals surface area contributed by atoms with Crippen molar-refractivity contribution in [2.45, 2.75) is 52.0 Å². The monoisotopic (exact) mass is 473 g/mol. The predicted molar refractivity (Wildman–Crippen MR) is 136 cm³/mol. The molecule has 35 heavy (non-hydrogen) atoms. The minimum absolute atomic E-state index is 0.0541. The summed E-state index contributed by atoms with van der Waals surface area (Å²) < 4.78 is 1.73. The van der Waals surface area contributed by atoms with Crippen molar-refractivity contribution in [1.82, 2.24) is 24.8 Å². The maximum atomic E-state index is 13.4. The fourth-order valence-corrected chi connectivity index (χ4v) is 5.99. The largest absolute Gasteiger partial charge is 0.370 e. The summed E-state index contributed by atoms with van der Waals surface area (Å²) in [6, 6.07) is 4.08. The zero-order valence-electron chi connectivity index (χ0n) is 20.3. The van der Waals surface area contributed by atoms with Crippen LogP contribution in [0.4, 0.5) is 17.5 Å². The molecule has 0 bridgehead atoms. The van der Waals surface area contributed by atoms with E-state index in [4.69, 9.17) is 4.98 Å². The van der Waals surface area contributed by atoms with Gasteiger partial charge in [-0.1, -0.05) is 12.8 Å². The van der Waals surface area contributed by atoms with E-state index < -0.39 is 0 Å². The summed E-state index contributed by atoms with van der Waals surface area (Å²) >= 11 is 0. The first-order chi connectivity index (χ1) is 16.9. The Labute approximate surface area is 204 Å². The number of nitrogens with zero attached hydrogens (tertiary/aromatic N) is 5. The van der Waals surface area contributed by atoms with E-state index in [1.165, 1.54) is 13.3 Å². The first-order valence-corrected chi connectivity index (χ1v) is 12.6. The number of Topliss-reactive ketones (excluding diaryl/α,β-unsaturated/α-hetero) is 1. The van der Waals surface area contributed by atoms with Gasteiger partial charge in [-0.15, -0.1) is 0 Å². The van der Waals surface area contributed by atoms with Crippen molar-refractivity contribution in [2.75, 3.05) is 36.4 Å². The summed E-state index contributed by atoms with van der Waals surface area (Å²) in [6.07, 6.45) is 8.80. The van der Waals surface area contributed by atoms with E-state index in [0.29, 0.717) is 28.4 Å². The zero-order chi connectivity index (χ0) is 24.2. The highest BCUT2D eigenvalue weighted by molar-refractivity contribution is 5.99. The standard InChI is InChI=1S/C26H31N7O2/c1-16-20-12-29-25(31-23(20)33(18-5-3-4-6-18)24(35)22(16)17(2)34)30-21-8-7-19(11-28-21)32-10-9-26(15-32)13-27-14-26/h7-8,11-12,18,27H,3-6,9-10,13-15H2,1-2H3,(H,28,29,30,31). The molecule has 2 N–H and O–H groups in total. The number of nitrogens with one attached hydrogen (secondary N) is 2. The molecule has 9 nitrogen and oxygen atoms in total. The fourth-order valence-electron chi connectivity index (χ4n) is 5.99. The van der Waals surface area contributed by atoms with Gasteiger partial charge in [-0.3, -0.25) is 14.2 Å². The molecule has 3 aliphatic rings. The molecule has 1 aliphatic carbocycles. The van der Waals surface area contributed by atoms with Crippen LogP contribution in [0.5, 0.6) is 0 Å². The number of rotatable bonds is 5. The Morgan fingerprint density at radius 3 is 2.60 bits per heavy atom. The lowest BCUT2D eigenvalue weighted by Crippen LogP contribution is -2.54. The second-order valence-electron chi connectivity index (χ2n) is 10.4. The average Bonchev–Trinajstić information content (AvgIpc) is 3.50. The van der Waals surface area contributed by atoms with Gasteiger partial charge in [-0.25, -0.2) is 9.97 Å². The second-order valence-corrected chi connectivity index (χ2v) is 10.4. The molecule has 182 valence electrons. The first kappa shape index (κ1) is 22.2. The Bertz CT molecular complexity index is 1350. The van der Waals surface area contributed by atoms with Crippen LogP contribution in [0.15, 0.2) is 29.3 Å². The van der Waals surface area contributed by atoms with Crippen LogP contribution in [0.1, 0.15) is 61.0 Å². The van der Waals surface area contributed by atoms with Crippen LogP contribution in [0.25, 0.3) is 11.0 Å².